The van der Waals surface area contributed by atoms with Crippen molar-refractivity contribution in [3.63, 3.8) is 0 Å². The Morgan fingerprint density at radius 2 is 2.05 bits per heavy atom. The molecule has 0 bridgehead atoms. The summed E-state index contributed by atoms with van der Waals surface area (Å²) in [5, 5.41) is 5.52. The van der Waals surface area contributed by atoms with Crippen LogP contribution in [0, 0.1) is 5.92 Å². The van der Waals surface area contributed by atoms with E-state index >= 15 is 0 Å². The average molecular weight is 260 g/mol. The molecule has 102 valence electrons. The molecule has 4 nitrogen and oxygen atoms in total. The summed E-state index contributed by atoms with van der Waals surface area (Å²) >= 11 is 0. The van der Waals surface area contributed by atoms with E-state index in [2.05, 4.69) is 17.2 Å². The lowest BCUT2D eigenvalue weighted by atomic mass is 10.1. The maximum absolute atomic E-state index is 5.37. The van der Waals surface area contributed by atoms with Crippen LogP contribution in [0.3, 0.4) is 0 Å². The third-order valence-corrected chi connectivity index (χ3v) is 3.06. The van der Waals surface area contributed by atoms with E-state index < -0.39 is 0 Å². The monoisotopic (exact) mass is 260 g/mol. The van der Waals surface area contributed by atoms with Crippen LogP contribution >= 0.6 is 0 Å². The number of fused-ring (bicyclic) bond motifs is 1. The van der Waals surface area contributed by atoms with Gasteiger partial charge in [-0.05, 0) is 18.1 Å². The third kappa shape index (κ3) is 3.15. The van der Waals surface area contributed by atoms with Crippen molar-refractivity contribution in [1.82, 2.24) is 4.98 Å². The fourth-order valence-electron chi connectivity index (χ4n) is 2.11. The lowest BCUT2D eigenvalue weighted by Crippen LogP contribution is -2.16. The number of methoxy groups -OCH3 is 2. The topological polar surface area (TPSA) is 43.4 Å². The van der Waals surface area contributed by atoms with Crippen molar-refractivity contribution in [2.24, 2.45) is 5.92 Å². The molecule has 0 fully saturated rings. The number of benzene rings is 1. The highest BCUT2D eigenvalue weighted by molar-refractivity contribution is 5.95. The van der Waals surface area contributed by atoms with Gasteiger partial charge < -0.3 is 14.8 Å². The van der Waals surface area contributed by atoms with Crippen molar-refractivity contribution in [3.05, 3.63) is 30.5 Å². The summed E-state index contributed by atoms with van der Waals surface area (Å²) in [7, 11) is 3.40. The minimum absolute atomic E-state index is 0.438. The van der Waals surface area contributed by atoms with Gasteiger partial charge in [-0.2, -0.15) is 0 Å². The van der Waals surface area contributed by atoms with Crippen molar-refractivity contribution in [2.75, 3.05) is 32.7 Å². The molecule has 0 amide bonds. The van der Waals surface area contributed by atoms with Gasteiger partial charge in [-0.25, -0.2) is 4.98 Å². The zero-order valence-corrected chi connectivity index (χ0v) is 11.6. The number of nitrogens with one attached hydrogen (secondary N) is 1. The zero-order valence-electron chi connectivity index (χ0n) is 11.6. The van der Waals surface area contributed by atoms with E-state index in [0.717, 1.165) is 35.5 Å². The van der Waals surface area contributed by atoms with Crippen molar-refractivity contribution in [3.8, 4) is 5.75 Å². The molecule has 2 aromatic rings. The van der Waals surface area contributed by atoms with Crippen molar-refractivity contribution in [2.45, 2.75) is 6.92 Å². The lowest BCUT2D eigenvalue weighted by Gasteiger charge is -2.14. The number of hydrogen-bond acceptors (Lipinski definition) is 4. The highest BCUT2D eigenvalue weighted by Crippen LogP contribution is 2.28. The molecular formula is C15H20N2O2. The molecule has 0 saturated carbocycles. The molecule has 0 aliphatic rings. The Morgan fingerprint density at radius 1 is 1.21 bits per heavy atom. The number of pyridine rings is 1. The predicted molar refractivity (Wildman–Crippen MR) is 77.8 cm³/mol. The van der Waals surface area contributed by atoms with Gasteiger partial charge in [0.15, 0.2) is 0 Å². The van der Waals surface area contributed by atoms with Gasteiger partial charge in [-0.1, -0.05) is 19.1 Å². The second-order valence-corrected chi connectivity index (χ2v) is 4.66. The summed E-state index contributed by atoms with van der Waals surface area (Å²) in [6.07, 6.45) is 1.80. The van der Waals surface area contributed by atoms with Crippen LogP contribution in [0.2, 0.25) is 0 Å². The molecule has 19 heavy (non-hydrogen) atoms. The fraction of sp³-hybridized carbons (Fsp3) is 0.400. The summed E-state index contributed by atoms with van der Waals surface area (Å²) in [4.78, 5) is 4.41. The van der Waals surface area contributed by atoms with Gasteiger partial charge in [0.25, 0.3) is 0 Å². The maximum Gasteiger partial charge on any atom is 0.133 e. The minimum atomic E-state index is 0.438. The van der Waals surface area contributed by atoms with Crippen LogP contribution in [-0.2, 0) is 4.74 Å². The Kier molecular flexibility index (Phi) is 4.58. The van der Waals surface area contributed by atoms with E-state index in [9.17, 15) is 0 Å². The molecule has 0 radical (unpaired) electrons. The van der Waals surface area contributed by atoms with Gasteiger partial charge >= 0.3 is 0 Å². The Labute approximate surface area is 113 Å². The smallest absolute Gasteiger partial charge is 0.133 e. The van der Waals surface area contributed by atoms with Crippen molar-refractivity contribution < 1.29 is 9.47 Å². The molecule has 1 atom stereocenters. The maximum atomic E-state index is 5.37. The molecule has 1 aromatic carbocycles. The SMILES string of the molecule is COCC(C)CNc1nccc2c(OC)cccc12. The Balaban J connectivity index is 2.24. The number of ether oxygens (including phenoxy) is 2. The first kappa shape index (κ1) is 13.6. The average Bonchev–Trinajstić information content (AvgIpc) is 2.44. The lowest BCUT2D eigenvalue weighted by molar-refractivity contribution is 0.164. The molecule has 1 N–H and O–H groups in total. The fourth-order valence-corrected chi connectivity index (χ4v) is 2.11. The number of anilines is 1. The summed E-state index contributed by atoms with van der Waals surface area (Å²) < 4.78 is 10.5. The first-order valence-corrected chi connectivity index (χ1v) is 6.40. The van der Waals surface area contributed by atoms with Gasteiger partial charge in [0.1, 0.15) is 11.6 Å². The zero-order chi connectivity index (χ0) is 13.7. The summed E-state index contributed by atoms with van der Waals surface area (Å²) in [6.45, 7) is 3.71. The first-order valence-electron chi connectivity index (χ1n) is 6.40. The largest absolute Gasteiger partial charge is 0.496 e. The van der Waals surface area contributed by atoms with Crippen LogP contribution in [0.1, 0.15) is 6.92 Å². The van der Waals surface area contributed by atoms with E-state index in [4.69, 9.17) is 9.47 Å². The molecule has 2 rings (SSSR count). The number of nitrogens with zero attached hydrogens (tertiary/aromatic N) is 1. The molecule has 0 saturated heterocycles. The Bertz CT molecular complexity index is 543. The molecule has 0 aliphatic heterocycles. The van der Waals surface area contributed by atoms with Gasteiger partial charge in [0.2, 0.25) is 0 Å². The van der Waals surface area contributed by atoms with Crippen molar-refractivity contribution in [1.29, 1.82) is 0 Å². The second-order valence-electron chi connectivity index (χ2n) is 4.66. The highest BCUT2D eigenvalue weighted by Gasteiger charge is 2.07. The van der Waals surface area contributed by atoms with Crippen LogP contribution in [0.5, 0.6) is 5.75 Å². The molecule has 1 unspecified atom stereocenters. The second kappa shape index (κ2) is 6.38. The van der Waals surface area contributed by atoms with Crippen LogP contribution in [0.4, 0.5) is 5.82 Å². The molecular weight excluding hydrogens is 240 g/mol. The highest BCUT2D eigenvalue weighted by atomic mass is 16.5. The van der Waals surface area contributed by atoms with Gasteiger partial charge in [0.05, 0.1) is 13.7 Å². The summed E-state index contributed by atoms with van der Waals surface area (Å²) in [5.74, 6) is 2.19. The summed E-state index contributed by atoms with van der Waals surface area (Å²) in [5.41, 5.74) is 0. The number of rotatable bonds is 6. The van der Waals surface area contributed by atoms with E-state index in [1.165, 1.54) is 0 Å². The molecule has 4 heteroatoms. The Morgan fingerprint density at radius 3 is 2.79 bits per heavy atom. The molecule has 1 aromatic heterocycles. The molecule has 0 spiro atoms. The van der Waals surface area contributed by atoms with Crippen LogP contribution < -0.4 is 10.1 Å². The number of aromatic nitrogens is 1. The third-order valence-electron chi connectivity index (χ3n) is 3.06. The van der Waals surface area contributed by atoms with Gasteiger partial charge in [0, 0.05) is 30.6 Å². The van der Waals surface area contributed by atoms with Gasteiger partial charge in [-0.3, -0.25) is 0 Å². The van der Waals surface area contributed by atoms with Crippen molar-refractivity contribution >= 4 is 16.6 Å². The summed E-state index contributed by atoms with van der Waals surface area (Å²) in [6, 6.07) is 7.96. The Hall–Kier alpha value is -1.81. The van der Waals surface area contributed by atoms with Crippen LogP contribution in [-0.4, -0.2) is 32.4 Å². The van der Waals surface area contributed by atoms with Gasteiger partial charge in [-0.15, -0.1) is 0 Å². The van der Waals surface area contributed by atoms with Crippen LogP contribution in [0.15, 0.2) is 30.5 Å². The quantitative estimate of drug-likeness (QED) is 0.867. The van der Waals surface area contributed by atoms with E-state index in [1.54, 1.807) is 20.4 Å². The normalized spacial score (nSPS) is 12.4. The van der Waals surface area contributed by atoms with E-state index in [-0.39, 0.29) is 0 Å². The van der Waals surface area contributed by atoms with Crippen LogP contribution in [0.25, 0.3) is 10.8 Å². The van der Waals surface area contributed by atoms with E-state index in [0.29, 0.717) is 5.92 Å². The minimum Gasteiger partial charge on any atom is -0.496 e. The van der Waals surface area contributed by atoms with E-state index in [1.807, 2.05) is 24.3 Å². The predicted octanol–water partition coefficient (Wildman–Crippen LogP) is 2.94. The standard InChI is InChI=1S/C15H20N2O2/c1-11(10-18-2)9-17-15-13-5-4-6-14(19-3)12(13)7-8-16-15/h4-8,11H,9-10H2,1-3H3,(H,16,17). The molecule has 0 aliphatic carbocycles. The molecule has 1 heterocycles. The number of hydrogen-bond donors (Lipinski definition) is 1. The first-order chi connectivity index (χ1) is 9.26.